The summed E-state index contributed by atoms with van der Waals surface area (Å²) in [7, 11) is 1.58. The molecule has 1 aliphatic carbocycles. The number of fused-ring (bicyclic) bond motifs is 1. The summed E-state index contributed by atoms with van der Waals surface area (Å²) in [4.78, 5) is 34.3. The molecule has 0 bridgehead atoms. The standard InChI is InChI=1S/C13H13FN2O.C10H13N3O2/c14-9-5-6-11-10(7-9)13(17)16-12(15-11)8-3-1-2-4-8;1-11-10(14)9-3-2-7(6-13-9)15-8-4-12-5-8/h5-8H,1-4H2,(H,15,16,17);2-3,6,8,12H,4-5H2,1H3,(H,11,14). The predicted octanol–water partition coefficient (Wildman–Crippen LogP) is 2.51. The monoisotopic (exact) mass is 439 g/mol. The lowest BCUT2D eigenvalue weighted by Gasteiger charge is -2.27. The Balaban J connectivity index is 0.000000155. The molecular formula is C23H26FN5O3. The number of halogens is 1. The lowest BCUT2D eigenvalue weighted by atomic mass is 10.1. The summed E-state index contributed by atoms with van der Waals surface area (Å²) in [6, 6.07) is 7.56. The fourth-order valence-electron chi connectivity index (χ4n) is 3.77. The number of H-pyrrole nitrogens is 1. The maximum absolute atomic E-state index is 13.0. The molecule has 2 aromatic heterocycles. The smallest absolute Gasteiger partial charge is 0.269 e. The van der Waals surface area contributed by atoms with Crippen molar-refractivity contribution in [1.29, 1.82) is 0 Å². The largest absolute Gasteiger partial charge is 0.486 e. The van der Waals surface area contributed by atoms with Crippen LogP contribution in [-0.2, 0) is 0 Å². The molecule has 168 valence electrons. The Morgan fingerprint density at radius 2 is 1.97 bits per heavy atom. The number of hydrogen-bond donors (Lipinski definition) is 3. The van der Waals surface area contributed by atoms with Crippen LogP contribution in [-0.4, -0.2) is 47.1 Å². The van der Waals surface area contributed by atoms with Crippen LogP contribution in [0.25, 0.3) is 10.9 Å². The third kappa shape index (κ3) is 5.11. The molecule has 9 heteroatoms. The van der Waals surface area contributed by atoms with E-state index in [-0.39, 0.29) is 17.6 Å². The number of aromatic nitrogens is 3. The number of carbonyl (C=O) groups is 1. The van der Waals surface area contributed by atoms with E-state index in [1.807, 2.05) is 0 Å². The molecule has 1 aromatic carbocycles. The minimum absolute atomic E-state index is 0.188. The average Bonchev–Trinajstić information content (AvgIpc) is 3.32. The summed E-state index contributed by atoms with van der Waals surface area (Å²) in [6.45, 7) is 1.74. The van der Waals surface area contributed by atoms with Gasteiger partial charge in [-0.2, -0.15) is 0 Å². The summed E-state index contributed by atoms with van der Waals surface area (Å²) < 4.78 is 18.6. The number of aromatic amines is 1. The molecule has 8 nitrogen and oxygen atoms in total. The molecular weight excluding hydrogens is 413 g/mol. The van der Waals surface area contributed by atoms with Crippen molar-refractivity contribution in [2.24, 2.45) is 0 Å². The molecule has 0 radical (unpaired) electrons. The van der Waals surface area contributed by atoms with Gasteiger partial charge in [0, 0.05) is 26.1 Å². The summed E-state index contributed by atoms with van der Waals surface area (Å²) in [5.41, 5.74) is 0.741. The lowest BCUT2D eigenvalue weighted by molar-refractivity contribution is 0.0957. The normalized spacial score (nSPS) is 16.2. The zero-order valence-corrected chi connectivity index (χ0v) is 17.9. The van der Waals surface area contributed by atoms with Crippen LogP contribution in [0.15, 0.2) is 41.3 Å². The van der Waals surface area contributed by atoms with E-state index >= 15 is 0 Å². The molecule has 2 aliphatic rings. The molecule has 1 saturated carbocycles. The topological polar surface area (TPSA) is 109 Å². The molecule has 1 aliphatic heterocycles. The maximum atomic E-state index is 13.0. The summed E-state index contributed by atoms with van der Waals surface area (Å²) in [5, 5.41) is 5.95. The van der Waals surface area contributed by atoms with Gasteiger partial charge in [-0.05, 0) is 43.2 Å². The van der Waals surface area contributed by atoms with Gasteiger partial charge in [0.05, 0.1) is 17.1 Å². The van der Waals surface area contributed by atoms with Crippen LogP contribution in [0.2, 0.25) is 0 Å². The highest BCUT2D eigenvalue weighted by Gasteiger charge is 2.20. The molecule has 3 N–H and O–H groups in total. The first kappa shape index (κ1) is 21.9. The third-order valence-corrected chi connectivity index (χ3v) is 5.67. The van der Waals surface area contributed by atoms with Gasteiger partial charge in [-0.25, -0.2) is 14.4 Å². The first-order valence-corrected chi connectivity index (χ1v) is 10.8. The number of nitrogens with one attached hydrogen (secondary N) is 3. The van der Waals surface area contributed by atoms with Crippen molar-refractivity contribution >= 4 is 16.8 Å². The van der Waals surface area contributed by atoms with Crippen LogP contribution >= 0.6 is 0 Å². The van der Waals surface area contributed by atoms with Crippen molar-refractivity contribution in [3.8, 4) is 5.75 Å². The second-order valence-electron chi connectivity index (χ2n) is 7.95. The van der Waals surface area contributed by atoms with E-state index in [4.69, 9.17) is 4.74 Å². The van der Waals surface area contributed by atoms with Crippen LogP contribution in [0, 0.1) is 5.82 Å². The Hall–Kier alpha value is -3.33. The zero-order chi connectivity index (χ0) is 22.5. The molecule has 1 amide bonds. The van der Waals surface area contributed by atoms with E-state index in [9.17, 15) is 14.0 Å². The van der Waals surface area contributed by atoms with Crippen molar-refractivity contribution in [2.75, 3.05) is 20.1 Å². The minimum Gasteiger partial charge on any atom is -0.486 e. The fourth-order valence-corrected chi connectivity index (χ4v) is 3.77. The fraction of sp³-hybridized carbons (Fsp3) is 0.391. The Bertz CT molecular complexity index is 1140. The quantitative estimate of drug-likeness (QED) is 0.576. The second kappa shape index (κ2) is 9.86. The number of amides is 1. The first-order chi connectivity index (χ1) is 15.5. The van der Waals surface area contributed by atoms with Gasteiger partial charge in [-0.3, -0.25) is 9.59 Å². The maximum Gasteiger partial charge on any atom is 0.269 e. The van der Waals surface area contributed by atoms with Crippen LogP contribution in [0.5, 0.6) is 5.75 Å². The zero-order valence-electron chi connectivity index (χ0n) is 17.9. The number of benzene rings is 1. The molecule has 0 unspecified atom stereocenters. The number of carbonyl (C=O) groups excluding carboxylic acids is 1. The minimum atomic E-state index is -0.404. The van der Waals surface area contributed by atoms with Crippen molar-refractivity contribution in [3.63, 3.8) is 0 Å². The van der Waals surface area contributed by atoms with Crippen molar-refractivity contribution in [1.82, 2.24) is 25.6 Å². The second-order valence-corrected chi connectivity index (χ2v) is 7.95. The molecule has 5 rings (SSSR count). The molecule has 3 heterocycles. The van der Waals surface area contributed by atoms with Gasteiger partial charge in [-0.1, -0.05) is 12.8 Å². The van der Waals surface area contributed by atoms with E-state index in [1.54, 1.807) is 31.4 Å². The summed E-state index contributed by atoms with van der Waals surface area (Å²) in [5.74, 6) is 1.23. The van der Waals surface area contributed by atoms with Gasteiger partial charge in [0.1, 0.15) is 29.2 Å². The summed E-state index contributed by atoms with van der Waals surface area (Å²) >= 11 is 0. The number of pyridine rings is 1. The van der Waals surface area contributed by atoms with Crippen LogP contribution in [0.4, 0.5) is 4.39 Å². The van der Waals surface area contributed by atoms with Crippen molar-refractivity contribution < 1.29 is 13.9 Å². The van der Waals surface area contributed by atoms with E-state index in [1.165, 1.54) is 25.0 Å². The highest BCUT2D eigenvalue weighted by molar-refractivity contribution is 5.92. The van der Waals surface area contributed by atoms with Crippen molar-refractivity contribution in [2.45, 2.75) is 37.7 Å². The van der Waals surface area contributed by atoms with E-state index in [0.29, 0.717) is 28.3 Å². The van der Waals surface area contributed by atoms with Crippen LogP contribution < -0.4 is 20.9 Å². The van der Waals surface area contributed by atoms with Crippen LogP contribution in [0.3, 0.4) is 0 Å². The molecule has 2 fully saturated rings. The lowest BCUT2D eigenvalue weighted by Crippen LogP contribution is -2.50. The molecule has 0 spiro atoms. The third-order valence-electron chi connectivity index (χ3n) is 5.67. The summed E-state index contributed by atoms with van der Waals surface area (Å²) in [6.07, 6.45) is 6.34. The van der Waals surface area contributed by atoms with E-state index in [2.05, 4.69) is 25.6 Å². The van der Waals surface area contributed by atoms with E-state index in [0.717, 1.165) is 31.8 Å². The van der Waals surface area contributed by atoms with Crippen LogP contribution in [0.1, 0.15) is 47.9 Å². The Morgan fingerprint density at radius 1 is 1.19 bits per heavy atom. The molecule has 32 heavy (non-hydrogen) atoms. The van der Waals surface area contributed by atoms with Gasteiger partial charge >= 0.3 is 0 Å². The van der Waals surface area contributed by atoms with Gasteiger partial charge in [0.25, 0.3) is 11.5 Å². The van der Waals surface area contributed by atoms with E-state index < -0.39 is 5.82 Å². The number of ether oxygens (including phenoxy) is 1. The van der Waals surface area contributed by atoms with Gasteiger partial charge in [-0.15, -0.1) is 0 Å². The predicted molar refractivity (Wildman–Crippen MR) is 118 cm³/mol. The molecule has 0 atom stereocenters. The average molecular weight is 439 g/mol. The Labute approximate surface area is 184 Å². The Kier molecular flexibility index (Phi) is 6.75. The number of nitrogens with zero attached hydrogens (tertiary/aromatic N) is 2. The van der Waals surface area contributed by atoms with Gasteiger partial charge < -0.3 is 20.4 Å². The SMILES string of the molecule is CNC(=O)c1ccc(OC2CNC2)cn1.O=c1[nH]c(C2CCCC2)nc2ccc(F)cc12. The van der Waals surface area contributed by atoms with Gasteiger partial charge in [0.15, 0.2) is 0 Å². The first-order valence-electron chi connectivity index (χ1n) is 10.8. The van der Waals surface area contributed by atoms with Crippen molar-refractivity contribution in [3.05, 3.63) is 64.2 Å². The number of hydrogen-bond acceptors (Lipinski definition) is 6. The highest BCUT2D eigenvalue weighted by Crippen LogP contribution is 2.31. The number of rotatable bonds is 4. The molecule has 1 saturated heterocycles. The Morgan fingerprint density at radius 3 is 2.59 bits per heavy atom. The van der Waals surface area contributed by atoms with Gasteiger partial charge in [0.2, 0.25) is 0 Å². The highest BCUT2D eigenvalue weighted by atomic mass is 19.1. The molecule has 3 aromatic rings.